The Morgan fingerprint density at radius 1 is 1.18 bits per heavy atom. The number of carbonyl (C=O) groups is 2. The topological polar surface area (TPSA) is 79.5 Å². The fourth-order valence-electron chi connectivity index (χ4n) is 3.67. The van der Waals surface area contributed by atoms with Crippen LogP contribution in [0.5, 0.6) is 0 Å². The fourth-order valence-corrected chi connectivity index (χ4v) is 5.17. The predicted octanol–water partition coefficient (Wildman–Crippen LogP) is 0.575. The second-order valence-corrected chi connectivity index (χ2v) is 7.67. The third-order valence-electron chi connectivity index (χ3n) is 4.88. The summed E-state index contributed by atoms with van der Waals surface area (Å²) in [5.41, 5.74) is 0. The highest BCUT2D eigenvalue weighted by molar-refractivity contribution is 8.01. The second kappa shape index (κ2) is 7.19. The van der Waals surface area contributed by atoms with Crippen LogP contribution in [0.25, 0.3) is 0 Å². The van der Waals surface area contributed by atoms with Crippen LogP contribution >= 0.6 is 11.8 Å². The first kappa shape index (κ1) is 16.1. The number of esters is 1. The molecule has 0 aromatic rings. The van der Waals surface area contributed by atoms with E-state index in [0.717, 1.165) is 25.8 Å². The van der Waals surface area contributed by atoms with Crippen LogP contribution < -0.4 is 16.0 Å². The van der Waals surface area contributed by atoms with Crippen molar-refractivity contribution >= 4 is 23.6 Å². The van der Waals surface area contributed by atoms with Gasteiger partial charge in [0.25, 0.3) is 0 Å². The Bertz CT molecular complexity index is 420. The quantitative estimate of drug-likeness (QED) is 0.658. The number of methoxy groups -OCH3 is 1. The lowest BCUT2D eigenvalue weighted by atomic mass is 9.95. The minimum absolute atomic E-state index is 0.0206. The molecule has 1 aliphatic carbocycles. The minimum Gasteiger partial charge on any atom is -0.469 e. The number of hydrogen-bond acceptors (Lipinski definition) is 6. The van der Waals surface area contributed by atoms with E-state index in [1.807, 2.05) is 0 Å². The fraction of sp³-hybridized carbons (Fsp3) is 0.867. The molecule has 5 unspecified atom stereocenters. The Morgan fingerprint density at radius 3 is 2.77 bits per heavy atom. The Hall–Kier alpha value is -0.790. The molecule has 0 spiro atoms. The Labute approximate surface area is 135 Å². The first-order valence-corrected chi connectivity index (χ1v) is 9.16. The summed E-state index contributed by atoms with van der Waals surface area (Å²) in [6.45, 7) is 0.814. The van der Waals surface area contributed by atoms with Crippen LogP contribution in [-0.4, -0.2) is 48.4 Å². The zero-order chi connectivity index (χ0) is 15.5. The van der Waals surface area contributed by atoms with E-state index in [1.54, 1.807) is 11.8 Å². The number of hydrogen-bond donors (Lipinski definition) is 3. The van der Waals surface area contributed by atoms with Gasteiger partial charge in [0.2, 0.25) is 5.91 Å². The highest BCUT2D eigenvalue weighted by Crippen LogP contribution is 2.36. The van der Waals surface area contributed by atoms with Gasteiger partial charge in [-0.05, 0) is 32.2 Å². The van der Waals surface area contributed by atoms with Crippen molar-refractivity contribution in [2.75, 3.05) is 13.7 Å². The molecule has 0 bridgehead atoms. The number of rotatable bonds is 3. The van der Waals surface area contributed by atoms with Crippen LogP contribution in [0.15, 0.2) is 0 Å². The van der Waals surface area contributed by atoms with Crippen molar-refractivity contribution in [3.63, 3.8) is 0 Å². The maximum Gasteiger partial charge on any atom is 0.312 e. The number of amides is 1. The van der Waals surface area contributed by atoms with Crippen molar-refractivity contribution in [1.82, 2.24) is 16.0 Å². The van der Waals surface area contributed by atoms with Crippen molar-refractivity contribution in [2.45, 2.75) is 61.4 Å². The summed E-state index contributed by atoms with van der Waals surface area (Å²) in [5.74, 6) is -0.567. The summed E-state index contributed by atoms with van der Waals surface area (Å²) >= 11 is 1.74. The zero-order valence-electron chi connectivity index (χ0n) is 13.0. The van der Waals surface area contributed by atoms with Crippen LogP contribution in [-0.2, 0) is 14.3 Å². The number of ether oxygens (including phenoxy) is 1. The highest BCUT2D eigenvalue weighted by Gasteiger charge is 2.41. The van der Waals surface area contributed by atoms with Gasteiger partial charge in [-0.3, -0.25) is 20.2 Å². The maximum absolute atomic E-state index is 12.5. The van der Waals surface area contributed by atoms with E-state index in [2.05, 4.69) is 16.0 Å². The molecule has 2 aliphatic heterocycles. The molecular weight excluding hydrogens is 302 g/mol. The van der Waals surface area contributed by atoms with Gasteiger partial charge in [-0.1, -0.05) is 12.8 Å². The van der Waals surface area contributed by atoms with Crippen LogP contribution in [0.1, 0.15) is 38.5 Å². The van der Waals surface area contributed by atoms with E-state index in [9.17, 15) is 9.59 Å². The van der Waals surface area contributed by atoms with Gasteiger partial charge in [-0.15, -0.1) is 11.8 Å². The molecule has 3 fully saturated rings. The Kier molecular flexibility index (Phi) is 5.25. The normalized spacial score (nSPS) is 38.1. The van der Waals surface area contributed by atoms with E-state index in [1.165, 1.54) is 26.4 Å². The Morgan fingerprint density at radius 2 is 2.00 bits per heavy atom. The smallest absolute Gasteiger partial charge is 0.312 e. The molecule has 7 heteroatoms. The molecule has 3 aliphatic rings. The molecular formula is C15H25N3O3S. The molecule has 0 radical (unpaired) electrons. The monoisotopic (exact) mass is 327 g/mol. The van der Waals surface area contributed by atoms with Gasteiger partial charge < -0.3 is 10.1 Å². The standard InChI is InChI=1S/C15H25N3O3S/c1-21-15(20)9-5-4-8-16-12(9)18-13(19)14-17-10-6-2-3-7-11(10)22-14/h9-12,14,16-17H,2-8H2,1H3,(H,18,19). The number of nitrogens with one attached hydrogen (secondary N) is 3. The van der Waals surface area contributed by atoms with Gasteiger partial charge in [0.1, 0.15) is 5.37 Å². The Balaban J connectivity index is 1.57. The molecule has 22 heavy (non-hydrogen) atoms. The summed E-state index contributed by atoms with van der Waals surface area (Å²) in [6, 6.07) is 0.463. The molecule has 3 N–H and O–H groups in total. The average Bonchev–Trinajstić information content (AvgIpc) is 2.99. The molecule has 0 aromatic heterocycles. The van der Waals surface area contributed by atoms with Crippen LogP contribution in [0.3, 0.4) is 0 Å². The van der Waals surface area contributed by atoms with Gasteiger partial charge in [0.15, 0.2) is 0 Å². The first-order chi connectivity index (χ1) is 10.7. The van der Waals surface area contributed by atoms with Crippen LogP contribution in [0.4, 0.5) is 0 Å². The van der Waals surface area contributed by atoms with E-state index < -0.39 is 0 Å². The van der Waals surface area contributed by atoms with Crippen molar-refractivity contribution < 1.29 is 14.3 Å². The molecule has 5 atom stereocenters. The SMILES string of the molecule is COC(=O)C1CCCNC1NC(=O)C1NC2CCCCC2S1. The molecule has 1 saturated carbocycles. The molecule has 6 nitrogen and oxygen atoms in total. The zero-order valence-corrected chi connectivity index (χ0v) is 13.8. The summed E-state index contributed by atoms with van der Waals surface area (Å²) < 4.78 is 4.85. The summed E-state index contributed by atoms with van der Waals surface area (Å²) in [5, 5.41) is 10.0. The van der Waals surface area contributed by atoms with Crippen molar-refractivity contribution in [1.29, 1.82) is 0 Å². The van der Waals surface area contributed by atoms with E-state index in [4.69, 9.17) is 4.74 Å². The van der Waals surface area contributed by atoms with Gasteiger partial charge in [-0.25, -0.2) is 0 Å². The molecule has 2 saturated heterocycles. The maximum atomic E-state index is 12.5. The summed E-state index contributed by atoms with van der Waals surface area (Å²) in [4.78, 5) is 24.4. The predicted molar refractivity (Wildman–Crippen MR) is 85.2 cm³/mol. The van der Waals surface area contributed by atoms with E-state index in [-0.39, 0.29) is 29.3 Å². The van der Waals surface area contributed by atoms with Gasteiger partial charge >= 0.3 is 5.97 Å². The lowest BCUT2D eigenvalue weighted by Crippen LogP contribution is -2.58. The number of carbonyl (C=O) groups excluding carboxylic acids is 2. The van der Waals surface area contributed by atoms with Crippen molar-refractivity contribution in [2.24, 2.45) is 5.92 Å². The molecule has 1 amide bonds. The highest BCUT2D eigenvalue weighted by atomic mass is 32.2. The second-order valence-electron chi connectivity index (χ2n) is 6.32. The van der Waals surface area contributed by atoms with Crippen LogP contribution in [0.2, 0.25) is 0 Å². The summed E-state index contributed by atoms with van der Waals surface area (Å²) in [6.07, 6.45) is 6.22. The van der Waals surface area contributed by atoms with Gasteiger partial charge in [-0.2, -0.15) is 0 Å². The lowest BCUT2D eigenvalue weighted by molar-refractivity contribution is -0.148. The van der Waals surface area contributed by atoms with E-state index >= 15 is 0 Å². The molecule has 124 valence electrons. The van der Waals surface area contributed by atoms with Crippen molar-refractivity contribution in [3.05, 3.63) is 0 Å². The third kappa shape index (κ3) is 3.41. The average molecular weight is 327 g/mol. The third-order valence-corrected chi connectivity index (χ3v) is 6.41. The number of thioether (sulfide) groups is 1. The van der Waals surface area contributed by atoms with Gasteiger partial charge in [0.05, 0.1) is 19.2 Å². The summed E-state index contributed by atoms with van der Waals surface area (Å²) in [7, 11) is 1.40. The minimum atomic E-state index is -0.321. The number of piperidine rings is 1. The first-order valence-electron chi connectivity index (χ1n) is 8.22. The van der Waals surface area contributed by atoms with Gasteiger partial charge in [0, 0.05) is 11.3 Å². The molecule has 2 heterocycles. The molecule has 3 rings (SSSR count). The largest absolute Gasteiger partial charge is 0.469 e. The lowest BCUT2D eigenvalue weighted by Gasteiger charge is -2.32. The van der Waals surface area contributed by atoms with E-state index in [0.29, 0.717) is 11.3 Å². The molecule has 0 aromatic carbocycles. The number of fused-ring (bicyclic) bond motifs is 1. The van der Waals surface area contributed by atoms with Crippen LogP contribution in [0, 0.1) is 5.92 Å². The van der Waals surface area contributed by atoms with Crippen molar-refractivity contribution in [3.8, 4) is 0 Å².